The molecular formula is C85H158N18O27. The maximum Gasteiger partial charge on any atom is 0.242 e. The van der Waals surface area contributed by atoms with Gasteiger partial charge in [-0.1, -0.05) is 32.9 Å². The summed E-state index contributed by atoms with van der Waals surface area (Å²) in [6.07, 6.45) is -12.1. The number of amides is 15. The molecule has 0 saturated heterocycles. The van der Waals surface area contributed by atoms with Gasteiger partial charge in [0.15, 0.2) is 0 Å². The van der Waals surface area contributed by atoms with Crippen LogP contribution >= 0.6 is 0 Å². The zero-order chi connectivity index (χ0) is 100. The lowest BCUT2D eigenvalue weighted by Gasteiger charge is -2.38. The average Bonchev–Trinajstić information content (AvgIpc) is 0.843. The SMILES string of the molecule is CCC(C)NCC(=O)N(CC(=O)N(CC(=O)N(CC(=O)N(CC(=O)N(CC(=O)N(CC(=O)N(CC(=O)N(CC(=O)N(CC(=O)N(CC(C)O)CC(C)N(CC(=O)N(CC(=O)N(CC(=O)N(CC(=O)N(CC(N)=O)CC(C)O)CC(C)O)CC(C)N=O)C(C)CC)CC(C)O)CC(C)O)C(C)CC)CC(C)O)CC(C)O)CC(C)O)C(C)CC)CC(C)O)CC(C)O)CC(C)O. The first-order valence-electron chi connectivity index (χ1n) is 44.9. The normalized spacial score (nSPS) is 15.4. The monoisotopic (exact) mass is 1860 g/mol. The molecule has 0 bridgehead atoms. The summed E-state index contributed by atoms with van der Waals surface area (Å²) in [6.45, 7) is 15.4. The molecule has 0 rings (SSSR count). The first kappa shape index (κ1) is 121. The first-order chi connectivity index (χ1) is 60.3. The molecule has 0 fully saturated rings. The molecule has 45 nitrogen and oxygen atoms in total. The van der Waals surface area contributed by atoms with E-state index in [1.807, 2.05) is 13.8 Å². The molecule has 0 radical (unpaired) electrons. The van der Waals surface area contributed by atoms with Crippen LogP contribution in [0.25, 0.3) is 0 Å². The predicted molar refractivity (Wildman–Crippen MR) is 479 cm³/mol. The van der Waals surface area contributed by atoms with Crippen LogP contribution in [0.5, 0.6) is 0 Å². The highest BCUT2D eigenvalue weighted by atomic mass is 16.3. The Kier molecular flexibility index (Phi) is 57.6. The van der Waals surface area contributed by atoms with E-state index in [0.29, 0.717) is 6.42 Å². The summed E-state index contributed by atoms with van der Waals surface area (Å²) >= 11 is 0. The number of nitrogens with one attached hydrogen (secondary N) is 1. The topological polar surface area (TPSA) is 595 Å². The third-order valence-electron chi connectivity index (χ3n) is 21.1. The Morgan fingerprint density at radius 1 is 0.238 bits per heavy atom. The van der Waals surface area contributed by atoms with Gasteiger partial charge in [-0.15, -0.1) is 0 Å². The van der Waals surface area contributed by atoms with Gasteiger partial charge in [0.25, 0.3) is 0 Å². The molecule has 14 N–H and O–H groups in total. The molecule has 17 atom stereocenters. The van der Waals surface area contributed by atoms with Crippen LogP contribution in [0.1, 0.15) is 171 Å². The molecule has 45 heteroatoms. The molecule has 0 heterocycles. The van der Waals surface area contributed by atoms with E-state index in [9.17, 15) is 133 Å². The zero-order valence-electron chi connectivity index (χ0n) is 80.6. The fourth-order valence-corrected chi connectivity index (χ4v) is 13.7. The van der Waals surface area contributed by atoms with Gasteiger partial charge in [-0.05, 0) is 143 Å². The van der Waals surface area contributed by atoms with Crippen LogP contribution in [0.3, 0.4) is 0 Å². The van der Waals surface area contributed by atoms with E-state index in [-0.39, 0.29) is 64.6 Å². The number of carbonyl (C=O) groups is 15. The van der Waals surface area contributed by atoms with Crippen molar-refractivity contribution in [3.8, 4) is 0 Å². The molecule has 0 aliphatic heterocycles. The number of nitrogens with two attached hydrogens (primary N) is 1. The number of primary amides is 1. The van der Waals surface area contributed by atoms with Crippen LogP contribution in [0.15, 0.2) is 5.18 Å². The summed E-state index contributed by atoms with van der Waals surface area (Å²) in [5.74, 6) is -12.7. The lowest BCUT2D eigenvalue weighted by atomic mass is 10.1. The molecule has 0 aromatic heterocycles. The van der Waals surface area contributed by atoms with Gasteiger partial charge >= 0.3 is 0 Å². The van der Waals surface area contributed by atoms with Crippen LogP contribution < -0.4 is 11.1 Å². The average molecular weight is 1860 g/mol. The Hall–Kier alpha value is -8.87. The maximum atomic E-state index is 14.8. The molecule has 750 valence electrons. The van der Waals surface area contributed by atoms with E-state index >= 15 is 0 Å². The summed E-state index contributed by atoms with van der Waals surface area (Å²) in [5, 5.41) is 123. The fourth-order valence-electron chi connectivity index (χ4n) is 13.7. The Balaban J connectivity index is 7.35. The smallest absolute Gasteiger partial charge is 0.242 e. The summed E-state index contributed by atoms with van der Waals surface area (Å²) in [4.78, 5) is 241. The number of carbonyl (C=O) groups excluding carboxylic acids is 15. The Morgan fingerprint density at radius 3 is 0.662 bits per heavy atom. The predicted octanol–water partition coefficient (Wildman–Crippen LogP) is -6.11. The van der Waals surface area contributed by atoms with E-state index in [1.54, 1.807) is 48.5 Å². The van der Waals surface area contributed by atoms with Crippen molar-refractivity contribution in [3.05, 3.63) is 4.91 Å². The number of nitroso groups, excluding NO2 is 1. The second kappa shape index (κ2) is 61.8. The quantitative estimate of drug-likeness (QED) is 0.0252. The Labute approximate surface area is 766 Å². The molecule has 17 unspecified atom stereocenters. The highest BCUT2D eigenvalue weighted by Gasteiger charge is 2.39. The minimum absolute atomic E-state index is 0.0624. The van der Waals surface area contributed by atoms with E-state index < -0.39 is 330 Å². The molecule has 0 aromatic carbocycles. The van der Waals surface area contributed by atoms with Gasteiger partial charge in [0.1, 0.15) is 25.7 Å². The molecule has 0 aromatic rings. The number of hydrogen-bond acceptors (Lipinski definition) is 30. The highest BCUT2D eigenvalue weighted by Crippen LogP contribution is 2.18. The second-order valence-electron chi connectivity index (χ2n) is 35.1. The van der Waals surface area contributed by atoms with Crippen LogP contribution in [0, 0.1) is 4.91 Å². The van der Waals surface area contributed by atoms with E-state index in [1.165, 1.54) is 97.8 Å². The van der Waals surface area contributed by atoms with Crippen LogP contribution in [-0.4, -0.2) is 505 Å². The molecule has 0 aliphatic carbocycles. The van der Waals surface area contributed by atoms with Crippen LogP contribution in [-0.2, 0) is 71.9 Å². The van der Waals surface area contributed by atoms with Crippen molar-refractivity contribution < 1.29 is 128 Å². The third-order valence-corrected chi connectivity index (χ3v) is 21.1. The molecule has 130 heavy (non-hydrogen) atoms. The van der Waals surface area contributed by atoms with E-state index in [2.05, 4.69) is 10.5 Å². The van der Waals surface area contributed by atoms with Crippen molar-refractivity contribution in [3.63, 3.8) is 0 Å². The largest absolute Gasteiger partial charge is 0.392 e. The third kappa shape index (κ3) is 48.0. The van der Waals surface area contributed by atoms with Gasteiger partial charge in [0.2, 0.25) is 88.6 Å². The molecule has 15 amide bonds. The number of aliphatic hydroxyl groups is 11. The van der Waals surface area contributed by atoms with E-state index in [0.717, 1.165) is 58.8 Å². The number of rotatable bonds is 66. The minimum Gasteiger partial charge on any atom is -0.392 e. The Morgan fingerprint density at radius 2 is 0.438 bits per heavy atom. The summed E-state index contributed by atoms with van der Waals surface area (Å²) in [6, 6.07) is -4.28. The van der Waals surface area contributed by atoms with Gasteiger partial charge in [0, 0.05) is 115 Å². The molecule has 0 aliphatic rings. The van der Waals surface area contributed by atoms with Crippen molar-refractivity contribution in [2.45, 2.75) is 274 Å². The first-order valence-corrected chi connectivity index (χ1v) is 44.9. The van der Waals surface area contributed by atoms with Gasteiger partial charge in [-0.3, -0.25) is 76.8 Å². The van der Waals surface area contributed by atoms with Crippen LogP contribution in [0.4, 0.5) is 0 Å². The van der Waals surface area contributed by atoms with Crippen molar-refractivity contribution >= 4 is 88.6 Å². The van der Waals surface area contributed by atoms with Gasteiger partial charge in [-0.2, -0.15) is 4.91 Å². The number of nitrogens with zero attached hydrogens (tertiary/aromatic N) is 16. The summed E-state index contributed by atoms with van der Waals surface area (Å²) in [7, 11) is 0. The van der Waals surface area contributed by atoms with Crippen molar-refractivity contribution in [2.24, 2.45) is 10.9 Å². The molecular weight excluding hydrogens is 1710 g/mol. The summed E-state index contributed by atoms with van der Waals surface area (Å²) < 4.78 is 0. The molecule has 0 saturated carbocycles. The highest BCUT2D eigenvalue weighted by molar-refractivity contribution is 5.96. The maximum absolute atomic E-state index is 14.8. The Bertz CT molecular complexity index is 3540. The zero-order valence-corrected chi connectivity index (χ0v) is 80.6. The lowest BCUT2D eigenvalue weighted by molar-refractivity contribution is -0.151. The van der Waals surface area contributed by atoms with E-state index in [4.69, 9.17) is 5.73 Å². The fraction of sp³-hybridized carbons (Fsp3) is 0.824. The molecule has 0 spiro atoms. The van der Waals surface area contributed by atoms with Crippen LogP contribution in [0.2, 0.25) is 0 Å². The lowest BCUT2D eigenvalue weighted by Crippen LogP contribution is -2.56. The second-order valence-corrected chi connectivity index (χ2v) is 35.1. The standard InChI is InChI=1S/C85H158N18O27/c1-22-54(5)87-26-72(116)93(32-63(14)107)42-76(120)95(34-65(16)109)45-78(122)99(38-69(20)113)49-85(129)103(58(9)25-4)53-82(126)98(37-68(19)112)47-77(121)96(35-66(17)110)46-79(123)100(39-70(21)114)50-84(128)102(57(8)24-3)52-81(125)97(36-67(18)111)43-73(117)91(30-61(12)105)28-59(10)89(29-60(11)104)48-83(127)101(56(7)23-2)51-80(124)90(27-55(6)88-130)41-75(119)94(33-64(15)108)44-74(118)92(31-62(13)106)40-71(86)115/h54-70,87,104-114H,22-53H2,1-21H3,(H2,86,115). The van der Waals surface area contributed by atoms with Gasteiger partial charge in [0.05, 0.1) is 146 Å². The number of aliphatic hydroxyl groups excluding tert-OH is 11. The number of hydrogen-bond donors (Lipinski definition) is 13. The van der Waals surface area contributed by atoms with Crippen molar-refractivity contribution in [2.75, 3.05) is 183 Å². The van der Waals surface area contributed by atoms with Crippen molar-refractivity contribution in [1.29, 1.82) is 0 Å². The van der Waals surface area contributed by atoms with Gasteiger partial charge in [-0.25, -0.2) is 0 Å². The minimum atomic E-state index is -1.35. The summed E-state index contributed by atoms with van der Waals surface area (Å²) in [5.41, 5.74) is 5.35. The van der Waals surface area contributed by atoms with Gasteiger partial charge < -0.3 is 136 Å². The van der Waals surface area contributed by atoms with Crippen molar-refractivity contribution in [1.82, 2.24) is 78.8 Å².